The number of aliphatic hydroxyl groups excluding tert-OH is 1. The molecule has 0 aromatic carbocycles. The summed E-state index contributed by atoms with van der Waals surface area (Å²) < 4.78 is 4.77. The fourth-order valence-electron chi connectivity index (χ4n) is 2.43. The SMILES string of the molecule is COCC(=O)N[C@@H]1CN(Cc2cccc(C)n2)C[C@H]1O. The second-order valence-electron chi connectivity index (χ2n) is 5.14. The minimum Gasteiger partial charge on any atom is -0.390 e. The molecule has 1 aromatic heterocycles. The number of nitrogens with zero attached hydrogens (tertiary/aromatic N) is 2. The first-order valence-corrected chi connectivity index (χ1v) is 6.69. The number of likely N-dealkylation sites (tertiary alicyclic amines) is 1. The Bertz CT molecular complexity index is 467. The number of aryl methyl sites for hydroxylation is 1. The maximum Gasteiger partial charge on any atom is 0.246 e. The van der Waals surface area contributed by atoms with Crippen LogP contribution in [0.2, 0.25) is 0 Å². The van der Waals surface area contributed by atoms with Gasteiger partial charge >= 0.3 is 0 Å². The molecule has 0 bridgehead atoms. The van der Waals surface area contributed by atoms with Crippen LogP contribution in [0.4, 0.5) is 0 Å². The Labute approximate surface area is 118 Å². The predicted molar refractivity (Wildman–Crippen MR) is 74.1 cm³/mol. The van der Waals surface area contributed by atoms with Crippen molar-refractivity contribution in [3.05, 3.63) is 29.6 Å². The predicted octanol–water partition coefficient (Wildman–Crippen LogP) is -0.302. The second kappa shape index (κ2) is 6.78. The summed E-state index contributed by atoms with van der Waals surface area (Å²) in [6.45, 7) is 3.80. The van der Waals surface area contributed by atoms with Crippen molar-refractivity contribution in [1.29, 1.82) is 0 Å². The molecule has 0 spiro atoms. The third kappa shape index (κ3) is 4.00. The van der Waals surface area contributed by atoms with Gasteiger partial charge in [-0.3, -0.25) is 14.7 Å². The van der Waals surface area contributed by atoms with Gasteiger partial charge in [-0.2, -0.15) is 0 Å². The molecule has 1 fully saturated rings. The highest BCUT2D eigenvalue weighted by molar-refractivity contribution is 5.77. The Balaban J connectivity index is 1.88. The van der Waals surface area contributed by atoms with Gasteiger partial charge in [0.1, 0.15) is 6.61 Å². The lowest BCUT2D eigenvalue weighted by molar-refractivity contribution is -0.125. The van der Waals surface area contributed by atoms with E-state index in [-0.39, 0.29) is 18.6 Å². The number of amides is 1. The lowest BCUT2D eigenvalue weighted by Crippen LogP contribution is -2.44. The van der Waals surface area contributed by atoms with Crippen molar-refractivity contribution in [2.24, 2.45) is 0 Å². The van der Waals surface area contributed by atoms with Gasteiger partial charge in [0.2, 0.25) is 5.91 Å². The van der Waals surface area contributed by atoms with Gasteiger partial charge in [0.15, 0.2) is 0 Å². The average Bonchev–Trinajstić information content (AvgIpc) is 2.69. The Morgan fingerprint density at radius 2 is 2.35 bits per heavy atom. The Kier molecular flexibility index (Phi) is 5.05. The van der Waals surface area contributed by atoms with Crippen LogP contribution in [0.15, 0.2) is 18.2 Å². The largest absolute Gasteiger partial charge is 0.390 e. The fourth-order valence-corrected chi connectivity index (χ4v) is 2.43. The lowest BCUT2D eigenvalue weighted by atomic mass is 10.2. The maximum absolute atomic E-state index is 11.5. The molecule has 6 nitrogen and oxygen atoms in total. The summed E-state index contributed by atoms with van der Waals surface area (Å²) in [5.74, 6) is -0.202. The molecule has 1 aromatic rings. The zero-order valence-electron chi connectivity index (χ0n) is 11.9. The van der Waals surface area contributed by atoms with Gasteiger partial charge < -0.3 is 15.2 Å². The van der Waals surface area contributed by atoms with Crippen molar-refractivity contribution in [2.45, 2.75) is 25.6 Å². The molecule has 0 aliphatic carbocycles. The molecular formula is C14H21N3O3. The van der Waals surface area contributed by atoms with E-state index in [2.05, 4.69) is 15.2 Å². The molecular weight excluding hydrogens is 258 g/mol. The van der Waals surface area contributed by atoms with Crippen LogP contribution in [0.1, 0.15) is 11.4 Å². The highest BCUT2D eigenvalue weighted by atomic mass is 16.5. The molecule has 1 aliphatic heterocycles. The van der Waals surface area contributed by atoms with E-state index in [1.807, 2.05) is 25.1 Å². The fraction of sp³-hybridized carbons (Fsp3) is 0.571. The van der Waals surface area contributed by atoms with Gasteiger partial charge in [-0.05, 0) is 19.1 Å². The molecule has 20 heavy (non-hydrogen) atoms. The summed E-state index contributed by atoms with van der Waals surface area (Å²) in [5, 5.41) is 12.8. The first-order chi connectivity index (χ1) is 9.58. The van der Waals surface area contributed by atoms with Crippen molar-refractivity contribution in [3.8, 4) is 0 Å². The van der Waals surface area contributed by atoms with Gasteiger partial charge in [0.05, 0.1) is 17.8 Å². The molecule has 110 valence electrons. The van der Waals surface area contributed by atoms with Gasteiger partial charge in [0.25, 0.3) is 0 Å². The summed E-state index contributed by atoms with van der Waals surface area (Å²) in [7, 11) is 1.47. The van der Waals surface area contributed by atoms with E-state index in [9.17, 15) is 9.90 Å². The molecule has 0 saturated carbocycles. The van der Waals surface area contributed by atoms with E-state index < -0.39 is 6.10 Å². The molecule has 2 atom stereocenters. The van der Waals surface area contributed by atoms with Crippen LogP contribution in [0.5, 0.6) is 0 Å². The standard InChI is InChI=1S/C14H21N3O3/c1-10-4-3-5-11(15-10)6-17-7-12(13(18)8-17)16-14(19)9-20-2/h3-5,12-13,18H,6-9H2,1-2H3,(H,16,19)/t12-,13-/m1/s1. The summed E-state index contributed by atoms with van der Waals surface area (Å²) >= 11 is 0. The molecule has 2 N–H and O–H groups in total. The minimum atomic E-state index is -0.555. The number of hydrogen-bond donors (Lipinski definition) is 2. The molecule has 2 heterocycles. The van der Waals surface area contributed by atoms with E-state index in [4.69, 9.17) is 4.74 Å². The number of aliphatic hydroxyl groups is 1. The monoisotopic (exact) mass is 279 g/mol. The van der Waals surface area contributed by atoms with Crippen LogP contribution < -0.4 is 5.32 Å². The molecule has 0 radical (unpaired) electrons. The Morgan fingerprint density at radius 1 is 1.55 bits per heavy atom. The number of aromatic nitrogens is 1. The Morgan fingerprint density at radius 3 is 3.05 bits per heavy atom. The van der Waals surface area contributed by atoms with Gasteiger partial charge in [-0.1, -0.05) is 6.07 Å². The average molecular weight is 279 g/mol. The van der Waals surface area contributed by atoms with Crippen LogP contribution in [0.3, 0.4) is 0 Å². The first-order valence-electron chi connectivity index (χ1n) is 6.69. The zero-order chi connectivity index (χ0) is 14.5. The summed E-state index contributed by atoms with van der Waals surface area (Å²) in [6.07, 6.45) is -0.555. The van der Waals surface area contributed by atoms with Crippen molar-refractivity contribution in [1.82, 2.24) is 15.2 Å². The maximum atomic E-state index is 11.5. The normalized spacial score (nSPS) is 22.9. The number of rotatable bonds is 5. The number of pyridine rings is 1. The number of ether oxygens (including phenoxy) is 1. The summed E-state index contributed by atoms with van der Waals surface area (Å²) in [4.78, 5) is 18.0. The number of hydrogen-bond acceptors (Lipinski definition) is 5. The quantitative estimate of drug-likeness (QED) is 0.774. The van der Waals surface area contributed by atoms with Crippen LogP contribution in [-0.2, 0) is 16.1 Å². The topological polar surface area (TPSA) is 74.7 Å². The molecule has 1 aliphatic rings. The first kappa shape index (κ1) is 14.9. The van der Waals surface area contributed by atoms with Crippen LogP contribution in [-0.4, -0.2) is 59.8 Å². The lowest BCUT2D eigenvalue weighted by Gasteiger charge is -2.16. The number of methoxy groups -OCH3 is 1. The highest BCUT2D eigenvalue weighted by Crippen LogP contribution is 2.13. The van der Waals surface area contributed by atoms with E-state index >= 15 is 0 Å². The smallest absolute Gasteiger partial charge is 0.246 e. The molecule has 2 rings (SSSR count). The summed E-state index contributed by atoms with van der Waals surface area (Å²) in [5.41, 5.74) is 1.95. The number of nitrogens with one attached hydrogen (secondary N) is 1. The van der Waals surface area contributed by atoms with E-state index in [0.29, 0.717) is 19.6 Å². The van der Waals surface area contributed by atoms with E-state index in [1.165, 1.54) is 7.11 Å². The van der Waals surface area contributed by atoms with Gasteiger partial charge in [0, 0.05) is 32.4 Å². The molecule has 1 amide bonds. The van der Waals surface area contributed by atoms with Crippen LogP contribution >= 0.6 is 0 Å². The number of carbonyl (C=O) groups is 1. The molecule has 0 unspecified atom stereocenters. The van der Waals surface area contributed by atoms with Crippen LogP contribution in [0.25, 0.3) is 0 Å². The second-order valence-corrected chi connectivity index (χ2v) is 5.14. The van der Waals surface area contributed by atoms with Gasteiger partial charge in [-0.25, -0.2) is 0 Å². The van der Waals surface area contributed by atoms with Crippen molar-refractivity contribution in [2.75, 3.05) is 26.8 Å². The summed E-state index contributed by atoms with van der Waals surface area (Å²) in [6, 6.07) is 5.65. The third-order valence-electron chi connectivity index (χ3n) is 3.32. The van der Waals surface area contributed by atoms with Crippen LogP contribution in [0, 0.1) is 6.92 Å². The third-order valence-corrected chi connectivity index (χ3v) is 3.32. The van der Waals surface area contributed by atoms with Crippen molar-refractivity contribution < 1.29 is 14.6 Å². The zero-order valence-corrected chi connectivity index (χ0v) is 11.9. The number of β-amino-alcohol motifs (C(OH)–C–C–N with tert-alkyl or cyclic N) is 1. The van der Waals surface area contributed by atoms with Crippen molar-refractivity contribution in [3.63, 3.8) is 0 Å². The molecule has 6 heteroatoms. The van der Waals surface area contributed by atoms with Crippen molar-refractivity contribution >= 4 is 5.91 Å². The molecule has 1 saturated heterocycles. The Hall–Kier alpha value is -1.50. The number of carbonyl (C=O) groups excluding carboxylic acids is 1. The highest BCUT2D eigenvalue weighted by Gasteiger charge is 2.32. The minimum absolute atomic E-state index is 0.0165. The van der Waals surface area contributed by atoms with Gasteiger partial charge in [-0.15, -0.1) is 0 Å². The van der Waals surface area contributed by atoms with E-state index in [1.54, 1.807) is 0 Å². The van der Waals surface area contributed by atoms with E-state index in [0.717, 1.165) is 11.4 Å².